The second kappa shape index (κ2) is 4.84. The standard InChI is InChI=1S/C10H10ClN5O/c11-8-5-13-2-1-7(8)10(17)14-3-6-4-15-16-9(6)12/h1-2,4-5H,3H2,(H,14,17)(H3,12,15,16). The molecule has 0 saturated heterocycles. The molecule has 0 aromatic carbocycles. The van der Waals surface area contributed by atoms with E-state index in [2.05, 4.69) is 20.5 Å². The van der Waals surface area contributed by atoms with Gasteiger partial charge in [0.2, 0.25) is 0 Å². The summed E-state index contributed by atoms with van der Waals surface area (Å²) in [7, 11) is 0. The van der Waals surface area contributed by atoms with E-state index in [-0.39, 0.29) is 5.91 Å². The molecule has 17 heavy (non-hydrogen) atoms. The van der Waals surface area contributed by atoms with Gasteiger partial charge < -0.3 is 11.1 Å². The largest absolute Gasteiger partial charge is 0.384 e. The summed E-state index contributed by atoms with van der Waals surface area (Å²) in [6.07, 6.45) is 4.49. The van der Waals surface area contributed by atoms with E-state index in [4.69, 9.17) is 17.3 Å². The zero-order valence-corrected chi connectivity index (χ0v) is 9.53. The second-order valence-electron chi connectivity index (χ2n) is 3.35. The molecule has 6 nitrogen and oxygen atoms in total. The van der Waals surface area contributed by atoms with Crippen molar-refractivity contribution in [2.24, 2.45) is 0 Å². The van der Waals surface area contributed by atoms with Gasteiger partial charge in [-0.15, -0.1) is 0 Å². The molecule has 2 aromatic rings. The molecule has 0 atom stereocenters. The van der Waals surface area contributed by atoms with Crippen LogP contribution in [-0.2, 0) is 6.54 Å². The lowest BCUT2D eigenvalue weighted by Crippen LogP contribution is -2.23. The summed E-state index contributed by atoms with van der Waals surface area (Å²) in [5.41, 5.74) is 6.69. The van der Waals surface area contributed by atoms with Gasteiger partial charge in [-0.3, -0.25) is 14.9 Å². The Balaban J connectivity index is 2.04. The lowest BCUT2D eigenvalue weighted by atomic mass is 10.2. The molecular weight excluding hydrogens is 242 g/mol. The fraction of sp³-hybridized carbons (Fsp3) is 0.100. The van der Waals surface area contributed by atoms with Crippen LogP contribution in [0.1, 0.15) is 15.9 Å². The monoisotopic (exact) mass is 251 g/mol. The molecule has 0 spiro atoms. The minimum Gasteiger partial charge on any atom is -0.384 e. The Morgan fingerprint density at radius 3 is 3.00 bits per heavy atom. The molecule has 0 aliphatic heterocycles. The highest BCUT2D eigenvalue weighted by Gasteiger charge is 2.10. The number of hydrogen-bond donors (Lipinski definition) is 3. The van der Waals surface area contributed by atoms with Gasteiger partial charge in [-0.2, -0.15) is 5.10 Å². The van der Waals surface area contributed by atoms with Gasteiger partial charge in [0, 0.05) is 24.5 Å². The molecule has 0 unspecified atom stereocenters. The number of carbonyl (C=O) groups excluding carboxylic acids is 1. The maximum absolute atomic E-state index is 11.8. The van der Waals surface area contributed by atoms with E-state index < -0.39 is 0 Å². The van der Waals surface area contributed by atoms with Crippen molar-refractivity contribution in [3.05, 3.63) is 40.8 Å². The number of nitrogen functional groups attached to an aromatic ring is 1. The number of hydrogen-bond acceptors (Lipinski definition) is 4. The highest BCUT2D eigenvalue weighted by atomic mass is 35.5. The Bertz CT molecular complexity index is 539. The van der Waals surface area contributed by atoms with Gasteiger partial charge in [-0.05, 0) is 6.07 Å². The number of rotatable bonds is 3. The SMILES string of the molecule is Nc1[nH]ncc1CNC(=O)c1ccncc1Cl. The number of amides is 1. The zero-order chi connectivity index (χ0) is 12.3. The van der Waals surface area contributed by atoms with Gasteiger partial charge in [0.05, 0.1) is 16.8 Å². The number of H-pyrrole nitrogens is 1. The van der Waals surface area contributed by atoms with Crippen LogP contribution in [0.4, 0.5) is 5.82 Å². The second-order valence-corrected chi connectivity index (χ2v) is 3.75. The summed E-state index contributed by atoms with van der Waals surface area (Å²) in [5.74, 6) is 0.157. The summed E-state index contributed by atoms with van der Waals surface area (Å²) in [6, 6.07) is 1.55. The van der Waals surface area contributed by atoms with Crippen LogP contribution in [0.3, 0.4) is 0 Å². The topological polar surface area (TPSA) is 96.7 Å². The molecule has 88 valence electrons. The van der Waals surface area contributed by atoms with Crippen molar-refractivity contribution in [1.82, 2.24) is 20.5 Å². The predicted molar refractivity (Wildman–Crippen MR) is 63.4 cm³/mol. The van der Waals surface area contributed by atoms with Gasteiger partial charge in [0.1, 0.15) is 5.82 Å². The van der Waals surface area contributed by atoms with Crippen LogP contribution >= 0.6 is 11.6 Å². The van der Waals surface area contributed by atoms with Crippen LogP contribution in [0.25, 0.3) is 0 Å². The summed E-state index contributed by atoms with van der Waals surface area (Å²) in [4.78, 5) is 15.6. The first-order chi connectivity index (χ1) is 8.18. The summed E-state index contributed by atoms with van der Waals surface area (Å²) in [6.45, 7) is 0.291. The minimum atomic E-state index is -0.280. The smallest absolute Gasteiger partial charge is 0.253 e. The third-order valence-electron chi connectivity index (χ3n) is 2.21. The van der Waals surface area contributed by atoms with E-state index in [0.29, 0.717) is 22.9 Å². The maximum Gasteiger partial charge on any atom is 0.253 e. The molecule has 0 saturated carbocycles. The van der Waals surface area contributed by atoms with E-state index in [9.17, 15) is 4.79 Å². The first-order valence-corrected chi connectivity index (χ1v) is 5.21. The molecule has 0 radical (unpaired) electrons. The van der Waals surface area contributed by atoms with Crippen LogP contribution in [0, 0.1) is 0 Å². The lowest BCUT2D eigenvalue weighted by molar-refractivity contribution is 0.0951. The molecule has 0 fully saturated rings. The summed E-state index contributed by atoms with van der Waals surface area (Å²) in [5, 5.41) is 9.34. The fourth-order valence-corrected chi connectivity index (χ4v) is 1.50. The van der Waals surface area contributed by atoms with Crippen molar-refractivity contribution in [3.8, 4) is 0 Å². The molecule has 7 heteroatoms. The highest BCUT2D eigenvalue weighted by Crippen LogP contribution is 2.13. The van der Waals surface area contributed by atoms with Gasteiger partial charge in [-0.25, -0.2) is 0 Å². The first kappa shape index (κ1) is 11.4. The van der Waals surface area contributed by atoms with Gasteiger partial charge in [0.15, 0.2) is 0 Å². The lowest BCUT2D eigenvalue weighted by Gasteiger charge is -2.05. The summed E-state index contributed by atoms with van der Waals surface area (Å²) >= 11 is 5.84. The molecule has 1 amide bonds. The summed E-state index contributed by atoms with van der Waals surface area (Å²) < 4.78 is 0. The Labute approximate surface area is 102 Å². The molecule has 0 bridgehead atoms. The van der Waals surface area contributed by atoms with Crippen molar-refractivity contribution < 1.29 is 4.79 Å². The quantitative estimate of drug-likeness (QED) is 0.757. The number of nitrogens with zero attached hydrogens (tertiary/aromatic N) is 2. The Morgan fingerprint density at radius 1 is 1.53 bits per heavy atom. The molecule has 2 rings (SSSR count). The van der Waals surface area contributed by atoms with Crippen LogP contribution < -0.4 is 11.1 Å². The van der Waals surface area contributed by atoms with Crippen LogP contribution in [0.2, 0.25) is 5.02 Å². The first-order valence-electron chi connectivity index (χ1n) is 4.84. The number of nitrogens with two attached hydrogens (primary N) is 1. The van der Waals surface area contributed by atoms with Gasteiger partial charge >= 0.3 is 0 Å². The van der Waals surface area contributed by atoms with E-state index >= 15 is 0 Å². The average Bonchev–Trinajstić information content (AvgIpc) is 2.72. The number of aromatic amines is 1. The van der Waals surface area contributed by atoms with E-state index in [0.717, 1.165) is 5.56 Å². The third kappa shape index (κ3) is 2.54. The van der Waals surface area contributed by atoms with Crippen LogP contribution in [0.5, 0.6) is 0 Å². The van der Waals surface area contributed by atoms with Crippen molar-refractivity contribution in [1.29, 1.82) is 0 Å². The van der Waals surface area contributed by atoms with Crippen LogP contribution in [0.15, 0.2) is 24.7 Å². The van der Waals surface area contributed by atoms with Crippen molar-refractivity contribution in [3.63, 3.8) is 0 Å². The third-order valence-corrected chi connectivity index (χ3v) is 2.51. The number of anilines is 1. The van der Waals surface area contributed by atoms with Crippen molar-refractivity contribution in [2.75, 3.05) is 5.73 Å². The minimum absolute atomic E-state index is 0.280. The molecule has 4 N–H and O–H groups in total. The maximum atomic E-state index is 11.8. The average molecular weight is 252 g/mol. The predicted octanol–water partition coefficient (Wildman–Crippen LogP) is 0.970. The van der Waals surface area contributed by atoms with E-state index in [1.165, 1.54) is 12.4 Å². The molecule has 0 aliphatic carbocycles. The van der Waals surface area contributed by atoms with E-state index in [1.807, 2.05) is 0 Å². The van der Waals surface area contributed by atoms with Gasteiger partial charge in [-0.1, -0.05) is 11.6 Å². The zero-order valence-electron chi connectivity index (χ0n) is 8.77. The van der Waals surface area contributed by atoms with Crippen molar-refractivity contribution >= 4 is 23.3 Å². The normalized spacial score (nSPS) is 10.2. The number of halogens is 1. The Hall–Kier alpha value is -2.08. The Morgan fingerprint density at radius 2 is 2.35 bits per heavy atom. The molecular formula is C10H10ClN5O. The highest BCUT2D eigenvalue weighted by molar-refractivity contribution is 6.33. The number of nitrogens with one attached hydrogen (secondary N) is 2. The number of carbonyl (C=O) groups is 1. The van der Waals surface area contributed by atoms with E-state index in [1.54, 1.807) is 12.3 Å². The molecule has 2 heterocycles. The number of aromatic nitrogens is 3. The van der Waals surface area contributed by atoms with Gasteiger partial charge in [0.25, 0.3) is 5.91 Å². The number of pyridine rings is 1. The molecule has 2 aromatic heterocycles. The fourth-order valence-electron chi connectivity index (χ4n) is 1.29. The Kier molecular flexibility index (Phi) is 3.24. The van der Waals surface area contributed by atoms with Crippen molar-refractivity contribution in [2.45, 2.75) is 6.54 Å². The molecule has 0 aliphatic rings. The van der Waals surface area contributed by atoms with Crippen LogP contribution in [-0.4, -0.2) is 21.1 Å².